The highest BCUT2D eigenvalue weighted by molar-refractivity contribution is 6.82. The van der Waals surface area contributed by atoms with Crippen molar-refractivity contribution in [2.24, 2.45) is 0 Å². The molecule has 2 spiro atoms. The van der Waals surface area contributed by atoms with E-state index in [1.165, 1.54) is 94.5 Å². The molecule has 2 amide bonds. The summed E-state index contributed by atoms with van der Waals surface area (Å²) in [6.07, 6.45) is 12.8. The highest BCUT2D eigenvalue weighted by Crippen LogP contribution is 2.90. The van der Waals surface area contributed by atoms with Gasteiger partial charge in [0.2, 0.25) is 11.8 Å². The highest BCUT2D eigenvalue weighted by Gasteiger charge is 2.86. The molecule has 6 heteroatoms. The number of aromatic nitrogens is 1. The Labute approximate surface area is 477 Å². The molecule has 5 aliphatic rings. The van der Waals surface area contributed by atoms with Crippen LogP contribution in [0.5, 0.6) is 0 Å². The van der Waals surface area contributed by atoms with Gasteiger partial charge in [-0.25, -0.2) is 4.98 Å². The molecule has 1 saturated heterocycles. The summed E-state index contributed by atoms with van der Waals surface area (Å²) in [5, 5.41) is 91.7. The van der Waals surface area contributed by atoms with Crippen LogP contribution in [0.3, 0.4) is 0 Å². The van der Waals surface area contributed by atoms with Gasteiger partial charge < -0.3 is 10.6 Å². The topological polar surface area (TPSA) is 74.1 Å². The smallest absolute Gasteiger partial charge is 0.239 e. The van der Waals surface area contributed by atoms with Crippen molar-refractivity contribution < 1.29 is 9.59 Å². The average Bonchev–Trinajstić information content (AvgIpc) is 1.37. The summed E-state index contributed by atoms with van der Waals surface area (Å²) in [6, 6.07) is 5.71. The number of hydrogen-bond acceptors (Lipinski definition) is 4. The third-order valence-electron chi connectivity index (χ3n) is 28.3. The van der Waals surface area contributed by atoms with Crippen LogP contribution in [-0.4, -0.2) is 28.2 Å². The first-order valence-electron chi connectivity index (χ1n) is 32.8. The Morgan fingerprint density at radius 3 is 0.756 bits per heavy atom. The summed E-state index contributed by atoms with van der Waals surface area (Å²) in [5.74, 6) is 0.936. The number of hydrogen-bond donors (Lipinski definition) is 2. The molecule has 2 N–H and O–H groups in total. The van der Waals surface area contributed by atoms with E-state index < -0.39 is 11.1 Å². The van der Waals surface area contributed by atoms with Crippen LogP contribution < -0.4 is 10.6 Å². The second kappa shape index (κ2) is 9.55. The SMILES string of the molecule is CCCCCCCCCCCCC(=O)Nc1cccc(NC(=O)CN2C34c5c6c7c8c9c%10c(c%11c%12c3c3c5c5c%13c6c6c7c7c9c9c%14c%10c%10c%11c%11c%12c%12c3c3c5c5c%13c%13c6c6c7c9c7c9c%14c%10c%10c%11c%11c%12c3c3c5c5c%13c6c7c6c9c%10c%11c3c56)C824)n1. The first-order chi connectivity index (χ1) is 42.7. The molecule has 6 nitrogen and oxygen atoms in total. The number of carbonyl (C=O) groups excluding carboxylic acids is 2. The number of carbonyl (C=O) groups is 2. The first kappa shape index (κ1) is 37.0. The third kappa shape index (κ3) is 2.42. The van der Waals surface area contributed by atoms with E-state index in [-0.39, 0.29) is 18.4 Å². The van der Waals surface area contributed by atoms with Gasteiger partial charge in [0.15, 0.2) is 0 Å². The lowest BCUT2D eigenvalue weighted by Crippen LogP contribution is -2.27. The van der Waals surface area contributed by atoms with Gasteiger partial charge in [0.1, 0.15) is 22.7 Å². The van der Waals surface area contributed by atoms with E-state index in [0.29, 0.717) is 18.1 Å². The number of nitrogens with one attached hydrogen (secondary N) is 2. The van der Waals surface area contributed by atoms with Crippen molar-refractivity contribution in [1.82, 2.24) is 9.88 Å². The van der Waals surface area contributed by atoms with Gasteiger partial charge in [-0.05, 0) is 332 Å². The van der Waals surface area contributed by atoms with Crippen LogP contribution in [0, 0.1) is 0 Å². The molecule has 29 aromatic rings. The predicted molar refractivity (Wildman–Crippen MR) is 359 cm³/mol. The van der Waals surface area contributed by atoms with E-state index in [0.717, 1.165) is 12.8 Å². The molecule has 0 saturated carbocycles. The number of rotatable bonds is 15. The van der Waals surface area contributed by atoms with E-state index in [1.807, 2.05) is 18.2 Å². The fourth-order valence-electron chi connectivity index (χ4n) is 27.2. The Hall–Kier alpha value is -9.49. The summed E-state index contributed by atoms with van der Waals surface area (Å²) in [4.78, 5) is 37.1. The van der Waals surface area contributed by atoms with E-state index in [2.05, 4.69) is 22.5 Å². The molecular formula is C80H32N4O2. The van der Waals surface area contributed by atoms with Crippen molar-refractivity contribution in [1.29, 1.82) is 0 Å². The molecule has 28 aromatic carbocycles. The lowest BCUT2D eigenvalue weighted by atomic mass is 9.68. The van der Waals surface area contributed by atoms with Crippen LogP contribution in [0.2, 0.25) is 0 Å². The molecule has 34 rings (SSSR count). The number of benzene rings is 18. The van der Waals surface area contributed by atoms with E-state index in [1.54, 1.807) is 270 Å². The number of anilines is 2. The van der Waals surface area contributed by atoms with Crippen molar-refractivity contribution in [3.05, 3.63) is 40.5 Å². The molecule has 0 unspecified atom stereocenters. The van der Waals surface area contributed by atoms with Crippen LogP contribution in [0.4, 0.5) is 11.6 Å². The van der Waals surface area contributed by atoms with Crippen molar-refractivity contribution in [2.45, 2.75) is 88.6 Å². The molecular weight excluding hydrogens is 1050 g/mol. The Morgan fingerprint density at radius 2 is 0.512 bits per heavy atom. The van der Waals surface area contributed by atoms with Crippen LogP contribution in [0.25, 0.3) is 291 Å². The Morgan fingerprint density at radius 1 is 0.302 bits per heavy atom. The molecule has 0 atom stereocenters. The maximum absolute atomic E-state index is 15.9. The van der Waals surface area contributed by atoms with Crippen molar-refractivity contribution in [3.63, 3.8) is 0 Å². The minimum absolute atomic E-state index is 0.00923. The van der Waals surface area contributed by atoms with E-state index >= 15 is 4.79 Å². The van der Waals surface area contributed by atoms with Gasteiger partial charge in [-0.2, -0.15) is 0 Å². The second-order valence-corrected chi connectivity index (χ2v) is 30.2. The molecule has 0 radical (unpaired) electrons. The highest BCUT2D eigenvalue weighted by atomic mass is 16.2. The lowest BCUT2D eigenvalue weighted by Gasteiger charge is -2.30. The largest absolute Gasteiger partial charge is 0.311 e. The van der Waals surface area contributed by atoms with Gasteiger partial charge in [-0.1, -0.05) is 70.8 Å². The quantitative estimate of drug-likeness (QED) is 0.0609. The standard InChI is InChI=1S/C80H32N4O2/c1-2-3-4-5-6-7-8-9-10-11-15-19(85)82-17-13-12-14-18(81-17)83-20(86)16-84-79-75-67-59-49-39-31-23-21-22-25-29-27(23)35-43-37(29)47-41-33(25)34-26(22)30-28-24(21)32(31)40-46-36(28)44-38(30)48-42(34)52-51(41)61-55(47)65-57(43)63(53(59)45(35)39)71(75)73(65)77-69(61)70-62(52)56(48)66-58(44)64-54(46)60(50(40)49)68(67)76(79)72(64)74(66)78(70)80(77,79)84/h12-14H,2-11,15-16H2,1H3,(H2,81,82,83,85,86). The Balaban J connectivity index is 0.725. The number of nitrogens with zero attached hydrogens (tertiary/aromatic N) is 2. The van der Waals surface area contributed by atoms with Crippen LogP contribution in [0.15, 0.2) is 18.2 Å². The van der Waals surface area contributed by atoms with Crippen molar-refractivity contribution in [2.75, 3.05) is 17.2 Å². The normalized spacial score (nSPS) is 21.0. The summed E-state index contributed by atoms with van der Waals surface area (Å²) >= 11 is 0. The third-order valence-corrected chi connectivity index (χ3v) is 28.3. The van der Waals surface area contributed by atoms with Gasteiger partial charge in [-0.15, -0.1) is 0 Å². The van der Waals surface area contributed by atoms with Gasteiger partial charge in [-0.3, -0.25) is 14.5 Å². The predicted octanol–water partition coefficient (Wildman–Crippen LogP) is 20.8. The van der Waals surface area contributed by atoms with Gasteiger partial charge in [0, 0.05) is 6.42 Å². The monoisotopic (exact) mass is 1080 g/mol. The molecule has 0 bridgehead atoms. The van der Waals surface area contributed by atoms with Crippen LogP contribution >= 0.6 is 0 Å². The minimum atomic E-state index is -0.576. The summed E-state index contributed by atoms with van der Waals surface area (Å²) in [5.41, 5.74) is 5.04. The fourth-order valence-corrected chi connectivity index (χ4v) is 27.2. The summed E-state index contributed by atoms with van der Waals surface area (Å²) in [7, 11) is 0. The van der Waals surface area contributed by atoms with Gasteiger partial charge >= 0.3 is 0 Å². The zero-order chi connectivity index (χ0) is 53.1. The molecule has 4 aliphatic carbocycles. The van der Waals surface area contributed by atoms with Crippen molar-refractivity contribution >= 4 is 314 Å². The molecule has 1 aliphatic heterocycles. The molecule has 2 heterocycles. The van der Waals surface area contributed by atoms with Crippen molar-refractivity contribution in [3.8, 4) is 0 Å². The zero-order valence-electron chi connectivity index (χ0n) is 45.9. The minimum Gasteiger partial charge on any atom is -0.311 e. The van der Waals surface area contributed by atoms with E-state index in [9.17, 15) is 4.79 Å². The van der Waals surface area contributed by atoms with Crippen LogP contribution in [0.1, 0.15) is 99.8 Å². The summed E-state index contributed by atoms with van der Waals surface area (Å²) in [6.45, 7) is 2.51. The Kier molecular flexibility index (Phi) is 4.11. The maximum Gasteiger partial charge on any atom is 0.239 e. The lowest BCUT2D eigenvalue weighted by molar-refractivity contribution is -0.117. The number of unbranched alkanes of at least 4 members (excludes halogenated alkanes) is 9. The van der Waals surface area contributed by atoms with Gasteiger partial charge in [0.05, 0.1) is 6.54 Å². The van der Waals surface area contributed by atoms with E-state index in [4.69, 9.17) is 4.98 Å². The summed E-state index contributed by atoms with van der Waals surface area (Å²) < 4.78 is 0. The molecule has 1 fully saturated rings. The second-order valence-electron chi connectivity index (χ2n) is 30.2. The fraction of sp³-hybridized carbons (Fsp3) is 0.188. The number of pyridine rings is 1. The Bertz CT molecular complexity index is 7330. The number of amides is 2. The molecule has 1 aromatic heterocycles. The van der Waals surface area contributed by atoms with Crippen LogP contribution in [-0.2, 0) is 20.7 Å². The molecule has 384 valence electrons. The van der Waals surface area contributed by atoms with Gasteiger partial charge in [0.25, 0.3) is 0 Å². The first-order valence-corrected chi connectivity index (χ1v) is 32.8. The zero-order valence-corrected chi connectivity index (χ0v) is 45.9. The maximum atomic E-state index is 15.9. The average molecular weight is 1080 g/mol. The molecule has 86 heavy (non-hydrogen) atoms.